The first-order chi connectivity index (χ1) is 9.38. The van der Waals surface area contributed by atoms with E-state index in [1.807, 2.05) is 20.8 Å². The van der Waals surface area contributed by atoms with Gasteiger partial charge >= 0.3 is 12.0 Å². The van der Waals surface area contributed by atoms with Gasteiger partial charge < -0.3 is 26.0 Å². The predicted molar refractivity (Wildman–Crippen MR) is 74.4 cm³/mol. The molecule has 0 saturated heterocycles. The second-order valence-corrected chi connectivity index (χ2v) is 4.38. The van der Waals surface area contributed by atoms with Crippen molar-refractivity contribution < 1.29 is 19.5 Å². The zero-order valence-corrected chi connectivity index (χ0v) is 12.2. The summed E-state index contributed by atoms with van der Waals surface area (Å²) < 4.78 is 0. The molecule has 0 aromatic rings. The summed E-state index contributed by atoms with van der Waals surface area (Å²) in [6, 6.07) is -0.493. The molecule has 0 aliphatic rings. The van der Waals surface area contributed by atoms with Crippen LogP contribution in [-0.2, 0) is 9.59 Å². The van der Waals surface area contributed by atoms with Crippen LogP contribution in [0.1, 0.15) is 20.8 Å². The highest BCUT2D eigenvalue weighted by atomic mass is 16.4. The highest BCUT2D eigenvalue weighted by Gasteiger charge is 2.11. The molecule has 0 aliphatic carbocycles. The molecule has 0 heterocycles. The molecule has 0 aliphatic heterocycles. The van der Waals surface area contributed by atoms with E-state index in [1.165, 1.54) is 0 Å². The molecule has 20 heavy (non-hydrogen) atoms. The third kappa shape index (κ3) is 9.15. The van der Waals surface area contributed by atoms with Crippen molar-refractivity contribution in [1.29, 1.82) is 0 Å². The zero-order valence-electron chi connectivity index (χ0n) is 12.2. The predicted octanol–water partition coefficient (Wildman–Crippen LogP) is -0.783. The lowest BCUT2D eigenvalue weighted by molar-refractivity contribution is -0.137. The van der Waals surface area contributed by atoms with Gasteiger partial charge in [0.1, 0.15) is 6.54 Å². The summed E-state index contributed by atoms with van der Waals surface area (Å²) in [4.78, 5) is 35.1. The van der Waals surface area contributed by atoms with E-state index in [-0.39, 0.29) is 12.6 Å². The molecule has 0 saturated carbocycles. The van der Waals surface area contributed by atoms with Crippen molar-refractivity contribution in [3.63, 3.8) is 0 Å². The van der Waals surface area contributed by atoms with Crippen LogP contribution in [0.4, 0.5) is 4.79 Å². The Balaban J connectivity index is 3.87. The Hall–Kier alpha value is -1.83. The maximum absolute atomic E-state index is 11.5. The summed E-state index contributed by atoms with van der Waals surface area (Å²) >= 11 is 0. The second kappa shape index (κ2) is 10.0. The molecule has 3 amide bonds. The van der Waals surface area contributed by atoms with Gasteiger partial charge in [0.05, 0.1) is 6.54 Å². The van der Waals surface area contributed by atoms with Crippen LogP contribution >= 0.6 is 0 Å². The van der Waals surface area contributed by atoms with E-state index in [2.05, 4.69) is 20.9 Å². The van der Waals surface area contributed by atoms with Crippen LogP contribution in [0.3, 0.4) is 0 Å². The lowest BCUT2D eigenvalue weighted by Gasteiger charge is -2.23. The first-order valence-electron chi connectivity index (χ1n) is 6.64. The fourth-order valence-corrected chi connectivity index (χ4v) is 1.59. The van der Waals surface area contributed by atoms with Crippen molar-refractivity contribution in [3.8, 4) is 0 Å². The minimum Gasteiger partial charge on any atom is -0.480 e. The Morgan fingerprint density at radius 1 is 1.10 bits per heavy atom. The number of nitrogens with zero attached hydrogens (tertiary/aromatic N) is 1. The van der Waals surface area contributed by atoms with Crippen molar-refractivity contribution in [2.75, 3.05) is 32.7 Å². The first kappa shape index (κ1) is 18.2. The van der Waals surface area contributed by atoms with Crippen molar-refractivity contribution in [2.24, 2.45) is 0 Å². The number of nitrogens with one attached hydrogen (secondary N) is 3. The Labute approximate surface area is 118 Å². The fraction of sp³-hybridized carbons (Fsp3) is 0.750. The lowest BCUT2D eigenvalue weighted by Crippen LogP contribution is -2.48. The Kier molecular flexibility index (Phi) is 9.10. The summed E-state index contributed by atoms with van der Waals surface area (Å²) in [5.74, 6) is -1.67. The van der Waals surface area contributed by atoms with Gasteiger partial charge in [-0.25, -0.2) is 4.79 Å². The summed E-state index contributed by atoms with van der Waals surface area (Å²) in [7, 11) is 0. The maximum Gasteiger partial charge on any atom is 0.322 e. The second-order valence-electron chi connectivity index (χ2n) is 4.38. The monoisotopic (exact) mass is 288 g/mol. The molecule has 0 aromatic carbocycles. The molecular formula is C12H24N4O4. The number of amides is 3. The Morgan fingerprint density at radius 3 is 2.20 bits per heavy atom. The number of carbonyl (C=O) groups is 3. The SMILES string of the molecule is CCN(CC)CC(C)NC(=O)NCC(=O)NCC(=O)O. The Bertz CT molecular complexity index is 331. The fourth-order valence-electron chi connectivity index (χ4n) is 1.59. The van der Waals surface area contributed by atoms with Gasteiger partial charge in [-0.3, -0.25) is 9.59 Å². The highest BCUT2D eigenvalue weighted by Crippen LogP contribution is 1.91. The molecule has 1 atom stereocenters. The zero-order chi connectivity index (χ0) is 15.5. The molecule has 0 fully saturated rings. The van der Waals surface area contributed by atoms with Crippen LogP contribution in [0.15, 0.2) is 0 Å². The summed E-state index contributed by atoms with van der Waals surface area (Å²) in [5.41, 5.74) is 0. The lowest BCUT2D eigenvalue weighted by atomic mass is 10.3. The van der Waals surface area contributed by atoms with Gasteiger partial charge in [-0.2, -0.15) is 0 Å². The molecule has 116 valence electrons. The van der Waals surface area contributed by atoms with Gasteiger partial charge in [0.25, 0.3) is 0 Å². The first-order valence-corrected chi connectivity index (χ1v) is 6.64. The number of carboxylic acid groups (broad SMARTS) is 1. The van der Waals surface area contributed by atoms with Crippen LogP contribution < -0.4 is 16.0 Å². The van der Waals surface area contributed by atoms with Gasteiger partial charge in [0.2, 0.25) is 5.91 Å². The van der Waals surface area contributed by atoms with Crippen molar-refractivity contribution in [1.82, 2.24) is 20.9 Å². The van der Waals surface area contributed by atoms with Crippen molar-refractivity contribution in [3.05, 3.63) is 0 Å². The van der Waals surface area contributed by atoms with Crippen molar-refractivity contribution >= 4 is 17.9 Å². The molecule has 8 nitrogen and oxygen atoms in total. The average molecular weight is 288 g/mol. The van der Waals surface area contributed by atoms with E-state index in [4.69, 9.17) is 5.11 Å². The number of rotatable bonds is 9. The van der Waals surface area contributed by atoms with E-state index in [9.17, 15) is 14.4 Å². The summed E-state index contributed by atoms with van der Waals surface area (Å²) in [6.07, 6.45) is 0. The maximum atomic E-state index is 11.5. The third-order valence-corrected chi connectivity index (χ3v) is 2.65. The largest absolute Gasteiger partial charge is 0.480 e. The molecule has 1 unspecified atom stereocenters. The van der Waals surface area contributed by atoms with E-state index < -0.39 is 24.5 Å². The number of hydrogen-bond acceptors (Lipinski definition) is 4. The smallest absolute Gasteiger partial charge is 0.322 e. The normalized spacial score (nSPS) is 11.8. The quantitative estimate of drug-likeness (QED) is 0.445. The van der Waals surface area contributed by atoms with Crippen LogP contribution in [0.5, 0.6) is 0 Å². The van der Waals surface area contributed by atoms with Gasteiger partial charge in [0, 0.05) is 12.6 Å². The van der Waals surface area contributed by atoms with Crippen LogP contribution in [0, 0.1) is 0 Å². The molecule has 0 rings (SSSR count). The molecule has 8 heteroatoms. The van der Waals surface area contributed by atoms with Gasteiger partial charge in [-0.15, -0.1) is 0 Å². The van der Waals surface area contributed by atoms with E-state index >= 15 is 0 Å². The van der Waals surface area contributed by atoms with Gasteiger partial charge in [-0.1, -0.05) is 13.8 Å². The standard InChI is InChI=1S/C12H24N4O4/c1-4-16(5-2)8-9(3)15-12(20)14-6-10(17)13-7-11(18)19/h9H,4-8H2,1-3H3,(H,13,17)(H,18,19)(H2,14,15,20). The number of aliphatic carboxylic acids is 1. The molecule has 0 radical (unpaired) electrons. The van der Waals surface area contributed by atoms with Crippen LogP contribution in [-0.4, -0.2) is 66.7 Å². The number of urea groups is 1. The molecule has 0 bridgehead atoms. The molecular weight excluding hydrogens is 264 g/mol. The third-order valence-electron chi connectivity index (χ3n) is 2.65. The van der Waals surface area contributed by atoms with Gasteiger partial charge in [0.15, 0.2) is 0 Å². The minimum absolute atomic E-state index is 0.0445. The number of hydrogen-bond donors (Lipinski definition) is 4. The molecule has 0 aromatic heterocycles. The molecule has 0 spiro atoms. The van der Waals surface area contributed by atoms with Crippen LogP contribution in [0.2, 0.25) is 0 Å². The summed E-state index contributed by atoms with van der Waals surface area (Å²) in [6.45, 7) is 7.79. The number of carbonyl (C=O) groups excluding carboxylic acids is 2. The average Bonchev–Trinajstić information content (AvgIpc) is 2.40. The van der Waals surface area contributed by atoms with Gasteiger partial charge in [-0.05, 0) is 20.0 Å². The van der Waals surface area contributed by atoms with E-state index in [0.29, 0.717) is 0 Å². The van der Waals surface area contributed by atoms with Crippen LogP contribution in [0.25, 0.3) is 0 Å². The summed E-state index contributed by atoms with van der Waals surface area (Å²) in [5, 5.41) is 15.6. The van der Waals surface area contributed by atoms with Crippen molar-refractivity contribution in [2.45, 2.75) is 26.8 Å². The number of likely N-dealkylation sites (N-methyl/N-ethyl adjacent to an activating group) is 1. The topological polar surface area (TPSA) is 111 Å². The molecule has 4 N–H and O–H groups in total. The van der Waals surface area contributed by atoms with E-state index in [1.54, 1.807) is 0 Å². The number of carboxylic acids is 1. The highest BCUT2D eigenvalue weighted by molar-refractivity contribution is 5.86. The minimum atomic E-state index is -1.13. The Morgan fingerprint density at radius 2 is 1.70 bits per heavy atom. The van der Waals surface area contributed by atoms with E-state index in [0.717, 1.165) is 19.6 Å².